The van der Waals surface area contributed by atoms with Gasteiger partial charge in [-0.1, -0.05) is 0 Å². The Bertz CT molecular complexity index is 551. The van der Waals surface area contributed by atoms with E-state index < -0.39 is 56.6 Å². The van der Waals surface area contributed by atoms with Crippen molar-refractivity contribution in [3.05, 3.63) is 0 Å². The molecule has 0 saturated carbocycles. The van der Waals surface area contributed by atoms with Gasteiger partial charge in [-0.3, -0.25) is 4.52 Å². The van der Waals surface area contributed by atoms with Gasteiger partial charge in [0.05, 0.1) is 6.61 Å². The fourth-order valence-corrected chi connectivity index (χ4v) is 1.58. The van der Waals surface area contributed by atoms with Crippen LogP contribution in [0.5, 0.6) is 0 Å². The molecule has 0 aromatic heterocycles. The van der Waals surface area contributed by atoms with Gasteiger partial charge in [-0.15, -0.1) is 0 Å². The minimum absolute atomic E-state index is 2.16. The Morgan fingerprint density at radius 1 is 0.654 bits per heavy atom. The van der Waals surface area contributed by atoms with E-state index in [1.165, 1.54) is 0 Å². The maximum atomic E-state index is 13.1. The van der Waals surface area contributed by atoms with Crippen LogP contribution in [0.4, 0.5) is 57.1 Å². The van der Waals surface area contributed by atoms with Crippen molar-refractivity contribution in [1.82, 2.24) is 0 Å². The second-order valence-corrected chi connectivity index (χ2v) is 5.81. The van der Waals surface area contributed by atoms with Gasteiger partial charge in [0.15, 0.2) is 0 Å². The monoisotopic (exact) mass is 446 g/mol. The van der Waals surface area contributed by atoms with Crippen molar-refractivity contribution < 1.29 is 76.0 Å². The minimum Gasteiger partial charge on any atom is -0.303 e. The summed E-state index contributed by atoms with van der Waals surface area (Å²) in [6.07, 6.45) is -10.3. The second-order valence-electron chi connectivity index (χ2n) is 4.57. The van der Waals surface area contributed by atoms with Crippen molar-refractivity contribution in [3.63, 3.8) is 0 Å². The van der Waals surface area contributed by atoms with E-state index >= 15 is 0 Å². The molecular formula is C8H6F13O4P. The third-order valence-electron chi connectivity index (χ3n) is 2.67. The first-order chi connectivity index (χ1) is 11.0. The Kier molecular flexibility index (Phi) is 6.46. The van der Waals surface area contributed by atoms with Gasteiger partial charge in [0.25, 0.3) is 0 Å². The Hall–Kier alpha value is -0.800. The fourth-order valence-electron chi connectivity index (χ4n) is 1.25. The molecule has 0 radical (unpaired) electrons. The highest BCUT2D eigenvalue weighted by molar-refractivity contribution is 7.46. The summed E-state index contributed by atoms with van der Waals surface area (Å²) in [6.45, 7) is -2.16. The van der Waals surface area contributed by atoms with Crippen LogP contribution < -0.4 is 0 Å². The molecule has 0 atom stereocenters. The normalized spacial score (nSPS) is 16.1. The summed E-state index contributed by atoms with van der Waals surface area (Å²) in [4.78, 5) is 16.1. The van der Waals surface area contributed by atoms with Crippen molar-refractivity contribution in [2.24, 2.45) is 0 Å². The Morgan fingerprint density at radius 2 is 1.00 bits per heavy atom. The molecule has 0 heterocycles. The van der Waals surface area contributed by atoms with Crippen molar-refractivity contribution in [1.29, 1.82) is 0 Å². The van der Waals surface area contributed by atoms with Gasteiger partial charge < -0.3 is 9.79 Å². The summed E-state index contributed by atoms with van der Waals surface area (Å²) in [7, 11) is -5.61. The number of alkyl halides is 13. The standard InChI is InChI=1S/C8H6F13O4P/c9-3(10,1-2-25-26(22,23)24)4(11,12)5(13,14)6(15,16)7(17,18)8(19,20)21/h1-2H2,(H2,22,23,24)/i1+1,2+1. The lowest BCUT2D eigenvalue weighted by Gasteiger charge is -2.39. The second kappa shape index (κ2) is 6.67. The van der Waals surface area contributed by atoms with Crippen molar-refractivity contribution in [2.45, 2.75) is 42.2 Å². The summed E-state index contributed by atoms with van der Waals surface area (Å²) in [5, 5.41) is 0. The minimum atomic E-state index is -8.02. The summed E-state index contributed by atoms with van der Waals surface area (Å²) in [5.74, 6) is -37.7. The van der Waals surface area contributed by atoms with Crippen LogP contribution in [-0.2, 0) is 9.09 Å². The molecule has 4 nitrogen and oxygen atoms in total. The number of halogens is 13. The van der Waals surface area contributed by atoms with E-state index in [4.69, 9.17) is 9.79 Å². The van der Waals surface area contributed by atoms with Crippen LogP contribution in [0, 0.1) is 0 Å². The highest BCUT2D eigenvalue weighted by atomic mass is 31.2. The van der Waals surface area contributed by atoms with Crippen LogP contribution in [0.2, 0.25) is 0 Å². The molecule has 158 valence electrons. The molecule has 2 N–H and O–H groups in total. The van der Waals surface area contributed by atoms with Gasteiger partial charge in [0.2, 0.25) is 0 Å². The van der Waals surface area contributed by atoms with E-state index in [9.17, 15) is 61.6 Å². The van der Waals surface area contributed by atoms with Crippen LogP contribution in [0.1, 0.15) is 6.42 Å². The van der Waals surface area contributed by atoms with Gasteiger partial charge in [0, 0.05) is 6.42 Å². The molecule has 0 aliphatic rings. The van der Waals surface area contributed by atoms with Gasteiger partial charge in [-0.25, -0.2) is 4.57 Å². The van der Waals surface area contributed by atoms with Gasteiger partial charge in [-0.05, 0) is 0 Å². The molecular weight excluding hydrogens is 440 g/mol. The Morgan fingerprint density at radius 3 is 1.31 bits per heavy atom. The molecule has 18 heteroatoms. The molecule has 26 heavy (non-hydrogen) atoms. The molecule has 0 amide bonds. The first-order valence-corrected chi connectivity index (χ1v) is 7.14. The fraction of sp³-hybridized carbons (Fsp3) is 1.00. The van der Waals surface area contributed by atoms with Crippen LogP contribution in [-0.4, -0.2) is 52.2 Å². The van der Waals surface area contributed by atoms with Crippen molar-refractivity contribution >= 4 is 7.82 Å². The third kappa shape index (κ3) is 4.20. The molecule has 0 rings (SSSR count). The predicted octanol–water partition coefficient (Wildman–Crippen LogP) is 4.22. The molecule has 0 saturated heterocycles. The highest BCUT2D eigenvalue weighted by Gasteiger charge is 2.90. The lowest BCUT2D eigenvalue weighted by atomic mass is 9.96. The Labute approximate surface area is 134 Å². The third-order valence-corrected chi connectivity index (χ3v) is 3.19. The zero-order chi connectivity index (χ0) is 21.6. The number of hydrogen-bond acceptors (Lipinski definition) is 2. The number of rotatable bonds is 8. The predicted molar refractivity (Wildman–Crippen MR) is 53.4 cm³/mol. The average Bonchev–Trinajstić information content (AvgIpc) is 2.34. The molecule has 0 aliphatic carbocycles. The van der Waals surface area contributed by atoms with E-state index in [1.54, 1.807) is 0 Å². The topological polar surface area (TPSA) is 66.8 Å². The van der Waals surface area contributed by atoms with E-state index in [-0.39, 0.29) is 0 Å². The highest BCUT2D eigenvalue weighted by Crippen LogP contribution is 2.60. The molecule has 0 bridgehead atoms. The largest absolute Gasteiger partial charge is 0.469 e. The molecule has 0 aromatic rings. The number of phosphoric ester groups is 1. The van der Waals surface area contributed by atoms with Crippen LogP contribution >= 0.6 is 7.82 Å². The smallest absolute Gasteiger partial charge is 0.303 e. The first-order valence-electron chi connectivity index (χ1n) is 5.61. The molecule has 0 aliphatic heterocycles. The number of hydrogen-bond donors (Lipinski definition) is 2. The molecule has 0 aromatic carbocycles. The average molecular weight is 446 g/mol. The zero-order valence-electron chi connectivity index (χ0n) is 11.5. The van der Waals surface area contributed by atoms with Crippen molar-refractivity contribution in [3.8, 4) is 0 Å². The SMILES string of the molecule is O=P(O)(O)O[13CH2][13CH2]C(F)(F)C(F)(F)C(F)(F)C(F)(F)C(F)(F)C(F)(F)F. The van der Waals surface area contributed by atoms with Crippen LogP contribution in [0.3, 0.4) is 0 Å². The lowest BCUT2D eigenvalue weighted by Crippen LogP contribution is -2.70. The van der Waals surface area contributed by atoms with Gasteiger partial charge in [0.1, 0.15) is 0 Å². The maximum Gasteiger partial charge on any atom is 0.469 e. The summed E-state index contributed by atoms with van der Waals surface area (Å²) < 4.78 is 178. The summed E-state index contributed by atoms with van der Waals surface area (Å²) >= 11 is 0. The number of phosphoric acid groups is 1. The van der Waals surface area contributed by atoms with E-state index in [0.717, 1.165) is 0 Å². The van der Waals surface area contributed by atoms with Gasteiger partial charge >= 0.3 is 43.6 Å². The maximum absolute atomic E-state index is 13.1. The lowest BCUT2D eigenvalue weighted by molar-refractivity contribution is -0.440. The summed E-state index contributed by atoms with van der Waals surface area (Å²) in [5.41, 5.74) is 0. The van der Waals surface area contributed by atoms with E-state index in [1.807, 2.05) is 0 Å². The van der Waals surface area contributed by atoms with Crippen LogP contribution in [0.25, 0.3) is 0 Å². The van der Waals surface area contributed by atoms with Crippen LogP contribution in [0.15, 0.2) is 0 Å². The molecule has 0 unspecified atom stereocenters. The van der Waals surface area contributed by atoms with Crippen molar-refractivity contribution in [2.75, 3.05) is 6.61 Å². The molecule has 0 fully saturated rings. The zero-order valence-corrected chi connectivity index (χ0v) is 12.4. The first kappa shape index (κ1) is 25.2. The Balaban J connectivity index is 5.89. The van der Waals surface area contributed by atoms with E-state index in [2.05, 4.69) is 4.52 Å². The molecule has 0 spiro atoms. The van der Waals surface area contributed by atoms with Gasteiger partial charge in [-0.2, -0.15) is 57.1 Å². The summed E-state index contributed by atoms with van der Waals surface area (Å²) in [6, 6.07) is 0. The van der Waals surface area contributed by atoms with E-state index in [0.29, 0.717) is 0 Å². The quantitative estimate of drug-likeness (QED) is 0.333.